The van der Waals surface area contributed by atoms with Crippen molar-refractivity contribution >= 4 is 11.6 Å². The molecule has 0 unspecified atom stereocenters. The average molecular weight is 435 g/mol. The molecule has 1 aliphatic carbocycles. The highest BCUT2D eigenvalue weighted by Gasteiger charge is 2.21. The van der Waals surface area contributed by atoms with Gasteiger partial charge in [-0.1, -0.05) is 99.7 Å². The molecule has 0 radical (unpaired) electrons. The monoisotopic (exact) mass is 434 g/mol. The zero-order chi connectivity index (χ0) is 21.9. The first-order valence-corrected chi connectivity index (χ1v) is 13.0. The molecule has 3 rings (SSSR count). The summed E-state index contributed by atoms with van der Waals surface area (Å²) in [7, 11) is 0. The van der Waals surface area contributed by atoms with Crippen molar-refractivity contribution in [2.45, 2.75) is 96.8 Å². The van der Waals surface area contributed by atoms with Gasteiger partial charge in [-0.25, -0.2) is 0 Å². The van der Waals surface area contributed by atoms with Gasteiger partial charge in [0.1, 0.15) is 0 Å². The van der Waals surface area contributed by atoms with Crippen molar-refractivity contribution in [3.63, 3.8) is 0 Å². The summed E-state index contributed by atoms with van der Waals surface area (Å²) in [6.45, 7) is 4.46. The zero-order valence-corrected chi connectivity index (χ0v) is 20.3. The van der Waals surface area contributed by atoms with Crippen LogP contribution in [0.5, 0.6) is 0 Å². The Hall–Kier alpha value is -1.71. The molecule has 0 atom stereocenters. The average Bonchev–Trinajstić information content (AvgIpc) is 2.80. The lowest BCUT2D eigenvalue weighted by atomic mass is 9.78. The minimum absolute atomic E-state index is 0.521. The Balaban J connectivity index is 1.45. The largest absolute Gasteiger partial charge is 0.0945 e. The third kappa shape index (κ3) is 7.73. The summed E-state index contributed by atoms with van der Waals surface area (Å²) in [5, 5.41) is 0.863. The molecule has 0 aliphatic heterocycles. The van der Waals surface area contributed by atoms with E-state index in [1.807, 2.05) is 6.07 Å². The van der Waals surface area contributed by atoms with Crippen molar-refractivity contribution in [1.29, 1.82) is 0 Å². The van der Waals surface area contributed by atoms with Gasteiger partial charge in [0.2, 0.25) is 0 Å². The third-order valence-electron chi connectivity index (χ3n) is 6.74. The van der Waals surface area contributed by atoms with Gasteiger partial charge in [-0.2, -0.15) is 0 Å². The first-order valence-electron chi connectivity index (χ1n) is 12.6. The molecule has 0 heterocycles. The van der Waals surface area contributed by atoms with Crippen LogP contribution in [0.15, 0.2) is 42.5 Å². The molecular weight excluding hydrogens is 396 g/mol. The van der Waals surface area contributed by atoms with E-state index in [1.165, 1.54) is 80.9 Å². The van der Waals surface area contributed by atoms with Crippen LogP contribution < -0.4 is 0 Å². The van der Waals surface area contributed by atoms with Crippen LogP contribution in [0.25, 0.3) is 0 Å². The fraction of sp³-hybridized carbons (Fsp3) is 0.533. The normalized spacial score (nSPS) is 18.4. The predicted octanol–water partition coefficient (Wildman–Crippen LogP) is 9.13. The second kappa shape index (κ2) is 13.0. The minimum Gasteiger partial charge on any atom is -0.0945 e. The van der Waals surface area contributed by atoms with Crippen molar-refractivity contribution in [1.82, 2.24) is 0 Å². The fourth-order valence-electron chi connectivity index (χ4n) is 4.74. The number of aryl methyl sites for hydroxylation is 2. The fourth-order valence-corrected chi connectivity index (χ4v) is 5.02. The van der Waals surface area contributed by atoms with E-state index >= 15 is 0 Å². The number of hydrogen-bond acceptors (Lipinski definition) is 0. The van der Waals surface area contributed by atoms with Crippen molar-refractivity contribution in [2.75, 3.05) is 0 Å². The van der Waals surface area contributed by atoms with Gasteiger partial charge in [-0.3, -0.25) is 0 Å². The SMILES string of the molecule is CCCCCCCc1ccc(C2CCC(C#Cc3ccc(CCC)c(Cl)c3)CC2)cc1. The molecule has 0 spiro atoms. The maximum absolute atomic E-state index is 6.41. The highest BCUT2D eigenvalue weighted by molar-refractivity contribution is 6.31. The molecule has 0 N–H and O–H groups in total. The molecule has 0 bridgehead atoms. The van der Waals surface area contributed by atoms with Crippen LogP contribution in [0.2, 0.25) is 5.02 Å². The molecule has 0 nitrogen and oxygen atoms in total. The summed E-state index contributed by atoms with van der Waals surface area (Å²) >= 11 is 6.41. The van der Waals surface area contributed by atoms with Gasteiger partial charge in [-0.05, 0) is 79.7 Å². The number of hydrogen-bond donors (Lipinski definition) is 0. The van der Waals surface area contributed by atoms with Gasteiger partial charge in [-0.15, -0.1) is 0 Å². The number of halogens is 1. The highest BCUT2D eigenvalue weighted by Crippen LogP contribution is 2.35. The molecule has 1 heteroatoms. The van der Waals surface area contributed by atoms with Crippen LogP contribution >= 0.6 is 11.6 Å². The maximum Gasteiger partial charge on any atom is 0.0450 e. The molecule has 166 valence electrons. The van der Waals surface area contributed by atoms with Crippen molar-refractivity contribution in [2.24, 2.45) is 5.92 Å². The Kier molecular flexibility index (Phi) is 10.0. The Morgan fingerprint density at radius 3 is 2.23 bits per heavy atom. The lowest BCUT2D eigenvalue weighted by molar-refractivity contribution is 0.384. The van der Waals surface area contributed by atoms with E-state index in [1.54, 1.807) is 0 Å². The molecule has 31 heavy (non-hydrogen) atoms. The Labute approximate surface area is 195 Å². The molecular formula is C30H39Cl. The molecule has 1 fully saturated rings. The van der Waals surface area contributed by atoms with Crippen molar-refractivity contribution in [3.05, 3.63) is 69.7 Å². The Bertz CT molecular complexity index is 844. The zero-order valence-electron chi connectivity index (χ0n) is 19.6. The highest BCUT2D eigenvalue weighted by atomic mass is 35.5. The molecule has 1 aliphatic rings. The van der Waals surface area contributed by atoms with E-state index < -0.39 is 0 Å². The van der Waals surface area contributed by atoms with Gasteiger partial charge in [0.05, 0.1) is 0 Å². The first kappa shape index (κ1) is 23.9. The lowest BCUT2D eigenvalue weighted by Gasteiger charge is -2.26. The summed E-state index contributed by atoms with van der Waals surface area (Å²) in [6.07, 6.45) is 15.1. The smallest absolute Gasteiger partial charge is 0.0450 e. The van der Waals surface area contributed by atoms with E-state index in [-0.39, 0.29) is 0 Å². The molecule has 2 aromatic rings. The van der Waals surface area contributed by atoms with Crippen LogP contribution in [0, 0.1) is 17.8 Å². The van der Waals surface area contributed by atoms with E-state index in [0.29, 0.717) is 11.8 Å². The topological polar surface area (TPSA) is 0 Å². The molecule has 0 aromatic heterocycles. The standard InChI is InChI=1S/C30H39Cl/c1-3-5-6-7-8-10-24-13-18-27(19-14-24)28-20-15-25(16-21-28)11-12-26-17-22-29(9-4-2)30(31)23-26/h13-14,17-19,22-23,25,28H,3-10,15-16,20-21H2,1-2H3. The van der Waals surface area contributed by atoms with Crippen LogP contribution in [-0.2, 0) is 12.8 Å². The molecule has 0 amide bonds. The molecule has 0 saturated heterocycles. The van der Waals surface area contributed by atoms with Gasteiger partial charge in [0.25, 0.3) is 0 Å². The Morgan fingerprint density at radius 1 is 0.806 bits per heavy atom. The number of unbranched alkanes of at least 4 members (excludes halogenated alkanes) is 4. The number of rotatable bonds is 9. The second-order valence-electron chi connectivity index (χ2n) is 9.28. The van der Waals surface area contributed by atoms with Crippen molar-refractivity contribution < 1.29 is 0 Å². The van der Waals surface area contributed by atoms with E-state index in [4.69, 9.17) is 11.6 Å². The summed E-state index contributed by atoms with van der Waals surface area (Å²) in [5.41, 5.74) is 5.32. The van der Waals surface area contributed by atoms with Gasteiger partial charge in [0.15, 0.2) is 0 Å². The number of benzene rings is 2. The van der Waals surface area contributed by atoms with Crippen LogP contribution in [0.3, 0.4) is 0 Å². The summed E-state index contributed by atoms with van der Waals surface area (Å²) in [5.74, 6) is 8.14. The van der Waals surface area contributed by atoms with Gasteiger partial charge < -0.3 is 0 Å². The summed E-state index contributed by atoms with van der Waals surface area (Å²) in [4.78, 5) is 0. The molecule has 2 aromatic carbocycles. The Morgan fingerprint density at radius 2 is 1.55 bits per heavy atom. The first-order chi connectivity index (χ1) is 15.2. The van der Waals surface area contributed by atoms with Gasteiger partial charge in [0, 0.05) is 16.5 Å². The summed E-state index contributed by atoms with van der Waals surface area (Å²) in [6, 6.07) is 15.8. The van der Waals surface area contributed by atoms with Crippen LogP contribution in [0.1, 0.15) is 106 Å². The second-order valence-corrected chi connectivity index (χ2v) is 9.69. The van der Waals surface area contributed by atoms with E-state index in [9.17, 15) is 0 Å². The third-order valence-corrected chi connectivity index (χ3v) is 7.09. The molecule has 1 saturated carbocycles. The lowest BCUT2D eigenvalue weighted by Crippen LogP contribution is -2.12. The summed E-state index contributed by atoms with van der Waals surface area (Å²) < 4.78 is 0. The quantitative estimate of drug-likeness (QED) is 0.272. The minimum atomic E-state index is 0.521. The van der Waals surface area contributed by atoms with Crippen molar-refractivity contribution in [3.8, 4) is 11.8 Å². The van der Waals surface area contributed by atoms with E-state index in [0.717, 1.165) is 23.4 Å². The van der Waals surface area contributed by atoms with Crippen LogP contribution in [-0.4, -0.2) is 0 Å². The van der Waals surface area contributed by atoms with E-state index in [2.05, 4.69) is 62.1 Å². The maximum atomic E-state index is 6.41. The predicted molar refractivity (Wildman–Crippen MR) is 136 cm³/mol. The van der Waals surface area contributed by atoms with Gasteiger partial charge >= 0.3 is 0 Å². The van der Waals surface area contributed by atoms with Crippen LogP contribution in [0.4, 0.5) is 0 Å².